The van der Waals surface area contributed by atoms with Crippen molar-refractivity contribution in [2.45, 2.75) is 19.3 Å². The first-order valence-electron chi connectivity index (χ1n) is 5.99. The van der Waals surface area contributed by atoms with Crippen LogP contribution in [0.15, 0.2) is 10.9 Å². The number of rotatable bonds is 5. The summed E-state index contributed by atoms with van der Waals surface area (Å²) < 4.78 is 4.93. The lowest BCUT2D eigenvalue weighted by molar-refractivity contribution is 0.216. The summed E-state index contributed by atoms with van der Waals surface area (Å²) in [6.45, 7) is 4.50. The van der Waals surface area contributed by atoms with Gasteiger partial charge in [0, 0.05) is 13.0 Å². The zero-order valence-corrected chi connectivity index (χ0v) is 9.85. The van der Waals surface area contributed by atoms with Crippen molar-refractivity contribution in [2.24, 2.45) is 5.92 Å². The van der Waals surface area contributed by atoms with E-state index >= 15 is 0 Å². The number of aromatic nitrogens is 2. The number of nitrogens with zero attached hydrogens (tertiary/aromatic N) is 3. The minimum Gasteiger partial charge on any atom is -0.340 e. The minimum atomic E-state index is 0.718. The van der Waals surface area contributed by atoms with Gasteiger partial charge in [-0.1, -0.05) is 5.16 Å². The maximum atomic E-state index is 4.93. The van der Waals surface area contributed by atoms with E-state index in [4.69, 9.17) is 4.52 Å². The Morgan fingerprint density at radius 3 is 3.00 bits per heavy atom. The summed E-state index contributed by atoms with van der Waals surface area (Å²) in [7, 11) is 2.19. The van der Waals surface area contributed by atoms with Gasteiger partial charge in [0.15, 0.2) is 6.33 Å². The van der Waals surface area contributed by atoms with Gasteiger partial charge >= 0.3 is 0 Å². The van der Waals surface area contributed by atoms with Gasteiger partial charge in [-0.25, -0.2) is 0 Å². The molecule has 90 valence electrons. The van der Waals surface area contributed by atoms with Crippen LogP contribution in [0.4, 0.5) is 0 Å². The fourth-order valence-corrected chi connectivity index (χ4v) is 2.07. The molecule has 0 aromatic carbocycles. The Hall–Kier alpha value is -0.940. The molecule has 0 aliphatic carbocycles. The van der Waals surface area contributed by atoms with Crippen LogP contribution in [0.3, 0.4) is 0 Å². The molecule has 1 aromatic heterocycles. The number of likely N-dealkylation sites (tertiary alicyclic amines) is 1. The highest BCUT2D eigenvalue weighted by Gasteiger charge is 2.15. The van der Waals surface area contributed by atoms with E-state index in [1.807, 2.05) is 0 Å². The zero-order chi connectivity index (χ0) is 11.2. The molecule has 2 rings (SSSR count). The van der Waals surface area contributed by atoms with E-state index in [1.54, 1.807) is 0 Å². The van der Waals surface area contributed by atoms with Crippen molar-refractivity contribution in [2.75, 3.05) is 33.2 Å². The molecule has 2 heterocycles. The molecule has 5 nitrogen and oxygen atoms in total. The molecular formula is C11H20N4O. The normalized spacial score (nSPS) is 19.1. The van der Waals surface area contributed by atoms with Crippen molar-refractivity contribution in [3.05, 3.63) is 12.2 Å². The lowest BCUT2D eigenvalue weighted by Gasteiger charge is -2.28. The zero-order valence-electron chi connectivity index (χ0n) is 9.85. The second-order valence-electron chi connectivity index (χ2n) is 4.54. The third kappa shape index (κ3) is 3.57. The predicted molar refractivity (Wildman–Crippen MR) is 61.1 cm³/mol. The molecule has 1 fully saturated rings. The first-order valence-corrected chi connectivity index (χ1v) is 5.99. The lowest BCUT2D eigenvalue weighted by Crippen LogP contribution is -2.35. The van der Waals surface area contributed by atoms with Crippen LogP contribution in [0.1, 0.15) is 18.7 Å². The van der Waals surface area contributed by atoms with Crippen LogP contribution >= 0.6 is 0 Å². The van der Waals surface area contributed by atoms with Gasteiger partial charge < -0.3 is 14.7 Å². The second-order valence-corrected chi connectivity index (χ2v) is 4.54. The molecule has 1 aromatic rings. The smallest absolute Gasteiger partial charge is 0.227 e. The summed E-state index contributed by atoms with van der Waals surface area (Å²) in [4.78, 5) is 6.38. The van der Waals surface area contributed by atoms with Crippen LogP contribution in [-0.2, 0) is 6.42 Å². The van der Waals surface area contributed by atoms with Crippen LogP contribution in [0, 0.1) is 5.92 Å². The Bertz CT molecular complexity index is 280. The molecule has 1 N–H and O–H groups in total. The van der Waals surface area contributed by atoms with Crippen molar-refractivity contribution in [3.8, 4) is 0 Å². The largest absolute Gasteiger partial charge is 0.340 e. The standard InChI is InChI=1S/C11H20N4O/c1-15-6-3-10(4-7-15)8-12-5-2-11-13-9-14-16-11/h9-10,12H,2-8H2,1H3. The molecule has 0 unspecified atom stereocenters. The van der Waals surface area contributed by atoms with Crippen molar-refractivity contribution in [1.82, 2.24) is 20.4 Å². The number of hydrogen-bond acceptors (Lipinski definition) is 5. The number of hydrogen-bond donors (Lipinski definition) is 1. The van der Waals surface area contributed by atoms with E-state index in [9.17, 15) is 0 Å². The molecule has 5 heteroatoms. The van der Waals surface area contributed by atoms with Crippen LogP contribution < -0.4 is 5.32 Å². The minimum absolute atomic E-state index is 0.718. The van der Waals surface area contributed by atoms with Gasteiger partial charge in [0.05, 0.1) is 0 Å². The lowest BCUT2D eigenvalue weighted by atomic mass is 9.97. The van der Waals surface area contributed by atoms with E-state index in [0.717, 1.165) is 31.3 Å². The molecule has 0 spiro atoms. The second kappa shape index (κ2) is 5.96. The first kappa shape index (κ1) is 11.5. The SMILES string of the molecule is CN1CCC(CNCCc2ncno2)CC1. The Labute approximate surface area is 96.2 Å². The molecule has 0 bridgehead atoms. The highest BCUT2D eigenvalue weighted by Crippen LogP contribution is 2.14. The third-order valence-corrected chi connectivity index (χ3v) is 3.19. The van der Waals surface area contributed by atoms with Gasteiger partial charge in [-0.3, -0.25) is 0 Å². The monoisotopic (exact) mass is 224 g/mol. The van der Waals surface area contributed by atoms with Crippen molar-refractivity contribution in [1.29, 1.82) is 0 Å². The van der Waals surface area contributed by atoms with Crippen LogP contribution in [0.25, 0.3) is 0 Å². The quantitative estimate of drug-likeness (QED) is 0.740. The average Bonchev–Trinajstić information content (AvgIpc) is 2.80. The summed E-state index contributed by atoms with van der Waals surface area (Å²) in [5, 5.41) is 7.04. The molecule has 1 aliphatic heterocycles. The summed E-state index contributed by atoms with van der Waals surface area (Å²) >= 11 is 0. The molecular weight excluding hydrogens is 204 g/mol. The van der Waals surface area contributed by atoms with Crippen LogP contribution in [0.2, 0.25) is 0 Å². The Morgan fingerprint density at radius 1 is 1.50 bits per heavy atom. The predicted octanol–water partition coefficient (Wildman–Crippen LogP) is 0.544. The van der Waals surface area contributed by atoms with E-state index < -0.39 is 0 Å². The van der Waals surface area contributed by atoms with E-state index in [0.29, 0.717) is 0 Å². The highest BCUT2D eigenvalue weighted by atomic mass is 16.5. The molecule has 1 saturated heterocycles. The maximum absolute atomic E-state index is 4.93. The van der Waals surface area contributed by atoms with Crippen LogP contribution in [0.5, 0.6) is 0 Å². The molecule has 0 radical (unpaired) electrons. The van der Waals surface area contributed by atoms with Crippen LogP contribution in [-0.4, -0.2) is 48.3 Å². The van der Waals surface area contributed by atoms with Crippen molar-refractivity contribution in [3.63, 3.8) is 0 Å². The Kier molecular flexibility index (Phi) is 4.30. The fraction of sp³-hybridized carbons (Fsp3) is 0.818. The average molecular weight is 224 g/mol. The van der Waals surface area contributed by atoms with Gasteiger partial charge in [-0.05, 0) is 45.4 Å². The first-order chi connectivity index (χ1) is 7.84. The highest BCUT2D eigenvalue weighted by molar-refractivity contribution is 4.76. The topological polar surface area (TPSA) is 54.2 Å². The van der Waals surface area contributed by atoms with E-state index in [-0.39, 0.29) is 0 Å². The summed E-state index contributed by atoms with van der Waals surface area (Å²) in [6.07, 6.45) is 4.90. The maximum Gasteiger partial charge on any atom is 0.227 e. The number of nitrogens with one attached hydrogen (secondary N) is 1. The Balaban J connectivity index is 1.55. The van der Waals surface area contributed by atoms with Gasteiger partial charge in [0.25, 0.3) is 0 Å². The summed E-state index contributed by atoms with van der Waals surface area (Å²) in [5.41, 5.74) is 0. The third-order valence-electron chi connectivity index (χ3n) is 3.19. The molecule has 1 aliphatic rings. The van der Waals surface area contributed by atoms with Crippen molar-refractivity contribution >= 4 is 0 Å². The molecule has 16 heavy (non-hydrogen) atoms. The molecule has 0 amide bonds. The van der Waals surface area contributed by atoms with E-state index in [2.05, 4.69) is 27.4 Å². The molecule has 0 atom stereocenters. The van der Waals surface area contributed by atoms with Crippen molar-refractivity contribution < 1.29 is 4.52 Å². The van der Waals surface area contributed by atoms with Gasteiger partial charge in [0.2, 0.25) is 5.89 Å². The molecule has 0 saturated carbocycles. The van der Waals surface area contributed by atoms with E-state index in [1.165, 1.54) is 32.3 Å². The summed E-state index contributed by atoms with van der Waals surface area (Å²) in [5.74, 6) is 1.55. The fourth-order valence-electron chi connectivity index (χ4n) is 2.07. The number of piperidine rings is 1. The van der Waals surface area contributed by atoms with Gasteiger partial charge in [-0.2, -0.15) is 4.98 Å². The van der Waals surface area contributed by atoms with Gasteiger partial charge in [0.1, 0.15) is 0 Å². The Morgan fingerprint density at radius 2 is 2.31 bits per heavy atom. The van der Waals surface area contributed by atoms with Gasteiger partial charge in [-0.15, -0.1) is 0 Å². The summed E-state index contributed by atoms with van der Waals surface area (Å²) in [6, 6.07) is 0.